The molecule has 86 valence electrons. The van der Waals surface area contributed by atoms with Crippen LogP contribution in [0.3, 0.4) is 0 Å². The lowest BCUT2D eigenvalue weighted by Crippen LogP contribution is -2.44. The van der Waals surface area contributed by atoms with E-state index in [1.165, 1.54) is 6.92 Å². The van der Waals surface area contributed by atoms with Crippen LogP contribution >= 0.6 is 0 Å². The van der Waals surface area contributed by atoms with E-state index in [4.69, 9.17) is 15.9 Å². The average molecular weight is 218 g/mol. The Morgan fingerprint density at radius 2 is 1.87 bits per heavy atom. The minimum absolute atomic E-state index is 0.220. The molecule has 0 saturated carbocycles. The predicted octanol–water partition coefficient (Wildman–Crippen LogP) is -1.80. The maximum atomic E-state index is 11.1. The van der Waals surface area contributed by atoms with Gasteiger partial charge in [-0.1, -0.05) is 0 Å². The molecule has 0 fully saturated rings. The van der Waals surface area contributed by atoms with Gasteiger partial charge in [-0.2, -0.15) is 0 Å². The number of aliphatic hydroxyl groups excluding tert-OH is 1. The summed E-state index contributed by atoms with van der Waals surface area (Å²) < 4.78 is 0. The van der Waals surface area contributed by atoms with E-state index in [1.807, 2.05) is 0 Å². The molecule has 0 rings (SSSR count). The van der Waals surface area contributed by atoms with Gasteiger partial charge in [0.05, 0.1) is 18.9 Å². The number of nitrogens with two attached hydrogens (primary N) is 1. The Morgan fingerprint density at radius 3 is 2.20 bits per heavy atom. The standard InChI is InChI=1S/C8H14N2O5/c1-4(11)2-7(13)10-5(8(14)15)3-6(9)12/h4-5,11H,2-3H2,1H3,(H2,9,12)(H,10,13)(H,14,15)/t4?,5-/m0/s1. The van der Waals surface area contributed by atoms with E-state index in [9.17, 15) is 14.4 Å². The fourth-order valence-corrected chi connectivity index (χ4v) is 0.923. The SMILES string of the molecule is CC(O)CC(=O)N[C@@H](CC(N)=O)C(=O)O. The molecule has 7 nitrogen and oxygen atoms in total. The van der Waals surface area contributed by atoms with Crippen LogP contribution in [-0.2, 0) is 14.4 Å². The summed E-state index contributed by atoms with van der Waals surface area (Å²) in [6, 6.07) is -1.34. The molecule has 2 atom stereocenters. The van der Waals surface area contributed by atoms with Crippen LogP contribution in [-0.4, -0.2) is 40.1 Å². The number of carbonyl (C=O) groups is 3. The van der Waals surface area contributed by atoms with Gasteiger partial charge in [0.2, 0.25) is 11.8 Å². The molecule has 0 aliphatic carbocycles. The minimum Gasteiger partial charge on any atom is -0.480 e. The first kappa shape index (κ1) is 13.4. The summed E-state index contributed by atoms with van der Waals surface area (Å²) >= 11 is 0. The van der Waals surface area contributed by atoms with Crippen LogP contribution in [0.15, 0.2) is 0 Å². The van der Waals surface area contributed by atoms with Crippen LogP contribution in [0, 0.1) is 0 Å². The van der Waals surface area contributed by atoms with Crippen molar-refractivity contribution in [3.05, 3.63) is 0 Å². The fourth-order valence-electron chi connectivity index (χ4n) is 0.923. The highest BCUT2D eigenvalue weighted by Crippen LogP contribution is 1.95. The molecule has 15 heavy (non-hydrogen) atoms. The summed E-state index contributed by atoms with van der Waals surface area (Å²) in [5.41, 5.74) is 4.81. The highest BCUT2D eigenvalue weighted by molar-refractivity contribution is 5.88. The third kappa shape index (κ3) is 6.44. The van der Waals surface area contributed by atoms with Crippen molar-refractivity contribution < 1.29 is 24.6 Å². The number of carboxylic acid groups (broad SMARTS) is 1. The van der Waals surface area contributed by atoms with E-state index in [1.54, 1.807) is 0 Å². The summed E-state index contributed by atoms with van der Waals surface area (Å²) in [5.74, 6) is -2.80. The highest BCUT2D eigenvalue weighted by atomic mass is 16.4. The first-order valence-electron chi connectivity index (χ1n) is 4.31. The molecule has 7 heteroatoms. The number of primary amides is 1. The molecule has 0 radical (unpaired) electrons. The van der Waals surface area contributed by atoms with Crippen molar-refractivity contribution in [2.75, 3.05) is 0 Å². The third-order valence-corrected chi connectivity index (χ3v) is 1.52. The van der Waals surface area contributed by atoms with Gasteiger partial charge in [0, 0.05) is 0 Å². The largest absolute Gasteiger partial charge is 0.480 e. The molecule has 0 bridgehead atoms. The van der Waals surface area contributed by atoms with E-state index in [0.717, 1.165) is 0 Å². The van der Waals surface area contributed by atoms with Gasteiger partial charge in [-0.3, -0.25) is 9.59 Å². The quantitative estimate of drug-likeness (QED) is 0.418. The molecule has 5 N–H and O–H groups in total. The number of amides is 2. The lowest BCUT2D eigenvalue weighted by molar-refractivity contribution is -0.143. The van der Waals surface area contributed by atoms with Crippen molar-refractivity contribution in [1.82, 2.24) is 5.32 Å². The zero-order chi connectivity index (χ0) is 12.0. The summed E-state index contributed by atoms with van der Waals surface area (Å²) in [6.45, 7) is 1.39. The van der Waals surface area contributed by atoms with Crippen LogP contribution in [0.4, 0.5) is 0 Å². The van der Waals surface area contributed by atoms with Crippen LogP contribution in [0.2, 0.25) is 0 Å². The normalized spacial score (nSPS) is 14.0. The molecule has 0 heterocycles. The number of rotatable bonds is 6. The number of nitrogens with one attached hydrogen (secondary N) is 1. The second kappa shape index (κ2) is 5.97. The average Bonchev–Trinajstić information content (AvgIpc) is 1.99. The van der Waals surface area contributed by atoms with E-state index >= 15 is 0 Å². The van der Waals surface area contributed by atoms with Gasteiger partial charge in [0.1, 0.15) is 6.04 Å². The van der Waals surface area contributed by atoms with Crippen molar-refractivity contribution in [3.8, 4) is 0 Å². The van der Waals surface area contributed by atoms with Crippen molar-refractivity contribution in [1.29, 1.82) is 0 Å². The zero-order valence-electron chi connectivity index (χ0n) is 8.27. The topological polar surface area (TPSA) is 130 Å². The maximum Gasteiger partial charge on any atom is 0.326 e. The van der Waals surface area contributed by atoms with E-state index in [-0.39, 0.29) is 6.42 Å². The fraction of sp³-hybridized carbons (Fsp3) is 0.625. The summed E-state index contributed by atoms with van der Waals surface area (Å²) in [7, 11) is 0. The van der Waals surface area contributed by atoms with Crippen LogP contribution < -0.4 is 11.1 Å². The summed E-state index contributed by atoms with van der Waals surface area (Å²) in [4.78, 5) is 32.1. The maximum absolute atomic E-state index is 11.1. The van der Waals surface area contributed by atoms with Gasteiger partial charge in [0.15, 0.2) is 0 Å². The zero-order valence-corrected chi connectivity index (χ0v) is 8.27. The highest BCUT2D eigenvalue weighted by Gasteiger charge is 2.22. The summed E-state index contributed by atoms with van der Waals surface area (Å²) in [5, 5.41) is 19.6. The van der Waals surface area contributed by atoms with Gasteiger partial charge in [0.25, 0.3) is 0 Å². The molecule has 0 aliphatic rings. The molecular weight excluding hydrogens is 204 g/mol. The molecule has 0 aromatic carbocycles. The molecule has 0 spiro atoms. The second-order valence-electron chi connectivity index (χ2n) is 3.18. The Balaban J connectivity index is 4.22. The van der Waals surface area contributed by atoms with Crippen LogP contribution in [0.1, 0.15) is 19.8 Å². The van der Waals surface area contributed by atoms with Gasteiger partial charge >= 0.3 is 5.97 Å². The molecule has 0 aliphatic heterocycles. The second-order valence-corrected chi connectivity index (χ2v) is 3.18. The van der Waals surface area contributed by atoms with Crippen LogP contribution in [0.5, 0.6) is 0 Å². The van der Waals surface area contributed by atoms with E-state index in [0.29, 0.717) is 0 Å². The van der Waals surface area contributed by atoms with E-state index in [2.05, 4.69) is 5.32 Å². The Kier molecular flexibility index (Phi) is 5.32. The minimum atomic E-state index is -1.34. The molecule has 0 aromatic rings. The van der Waals surface area contributed by atoms with Crippen molar-refractivity contribution in [2.24, 2.45) is 5.73 Å². The Hall–Kier alpha value is -1.63. The Bertz CT molecular complexity index is 264. The van der Waals surface area contributed by atoms with Gasteiger partial charge in [-0.05, 0) is 6.92 Å². The van der Waals surface area contributed by atoms with Crippen LogP contribution in [0.25, 0.3) is 0 Å². The van der Waals surface area contributed by atoms with Gasteiger partial charge < -0.3 is 21.3 Å². The number of carbonyl (C=O) groups excluding carboxylic acids is 2. The smallest absolute Gasteiger partial charge is 0.326 e. The Labute approximate surface area is 86.3 Å². The lowest BCUT2D eigenvalue weighted by atomic mass is 10.2. The lowest BCUT2D eigenvalue weighted by Gasteiger charge is -2.13. The third-order valence-electron chi connectivity index (χ3n) is 1.52. The molecule has 1 unspecified atom stereocenters. The molecule has 2 amide bonds. The van der Waals surface area contributed by atoms with Gasteiger partial charge in [-0.25, -0.2) is 4.79 Å². The van der Waals surface area contributed by atoms with E-state index < -0.39 is 36.4 Å². The first-order valence-corrected chi connectivity index (χ1v) is 4.31. The Morgan fingerprint density at radius 1 is 1.33 bits per heavy atom. The number of aliphatic hydroxyl groups is 1. The molecular formula is C8H14N2O5. The number of carboxylic acids is 1. The van der Waals surface area contributed by atoms with Crippen molar-refractivity contribution in [2.45, 2.75) is 31.9 Å². The first-order chi connectivity index (χ1) is 6.82. The predicted molar refractivity (Wildman–Crippen MR) is 49.7 cm³/mol. The van der Waals surface area contributed by atoms with Crippen molar-refractivity contribution in [3.63, 3.8) is 0 Å². The number of aliphatic carboxylic acids is 1. The van der Waals surface area contributed by atoms with Crippen molar-refractivity contribution >= 4 is 17.8 Å². The number of hydrogen-bond acceptors (Lipinski definition) is 4. The molecule has 0 aromatic heterocycles. The molecule has 0 saturated heterocycles. The van der Waals surface area contributed by atoms with Gasteiger partial charge in [-0.15, -0.1) is 0 Å². The summed E-state index contributed by atoms with van der Waals surface area (Å²) in [6.07, 6.45) is -1.56. The monoisotopic (exact) mass is 218 g/mol. The number of hydrogen-bond donors (Lipinski definition) is 4.